The molecule has 1 aromatic carbocycles. The molecular formula is C19H15N3O7. The molecule has 3 aromatic rings. The van der Waals surface area contributed by atoms with E-state index in [4.69, 9.17) is 14.2 Å². The zero-order valence-corrected chi connectivity index (χ0v) is 15.3. The summed E-state index contributed by atoms with van der Waals surface area (Å²) in [5, 5.41) is 11.1. The van der Waals surface area contributed by atoms with Crippen molar-refractivity contribution in [3.05, 3.63) is 73.8 Å². The number of hydrogen-bond donors (Lipinski definition) is 0. The molecule has 2 aromatic heterocycles. The Morgan fingerprint density at radius 2 is 2.07 bits per heavy atom. The first kappa shape index (κ1) is 18.4. The van der Waals surface area contributed by atoms with Crippen molar-refractivity contribution in [1.82, 2.24) is 9.38 Å². The minimum Gasteiger partial charge on any atom is -0.486 e. The molecule has 0 spiro atoms. The molecule has 0 atom stereocenters. The molecule has 4 rings (SSSR count). The minimum absolute atomic E-state index is 0.0915. The van der Waals surface area contributed by atoms with Crippen LogP contribution >= 0.6 is 0 Å². The van der Waals surface area contributed by atoms with Gasteiger partial charge in [-0.3, -0.25) is 19.3 Å². The second-order valence-corrected chi connectivity index (χ2v) is 6.37. The highest BCUT2D eigenvalue weighted by molar-refractivity contribution is 5.94. The lowest BCUT2D eigenvalue weighted by molar-refractivity contribution is -0.385. The Morgan fingerprint density at radius 3 is 2.86 bits per heavy atom. The lowest BCUT2D eigenvalue weighted by atomic mass is 10.1. The molecule has 3 heterocycles. The van der Waals surface area contributed by atoms with Crippen LogP contribution in [-0.4, -0.2) is 33.5 Å². The standard InChI is InChI=1S/C19H15N3O7/c1-11-2-3-16-20-12(6-17(23)21(16)9-11)10-29-19(24)14-7-13(22(25)26)8-15-18(14)28-5-4-27-15/h2-3,6-9H,4-5,10H2,1H3. The molecule has 0 amide bonds. The van der Waals surface area contributed by atoms with Crippen molar-refractivity contribution in [2.45, 2.75) is 13.5 Å². The second-order valence-electron chi connectivity index (χ2n) is 6.37. The van der Waals surface area contributed by atoms with Crippen molar-refractivity contribution in [2.24, 2.45) is 0 Å². The van der Waals surface area contributed by atoms with E-state index >= 15 is 0 Å². The van der Waals surface area contributed by atoms with E-state index in [9.17, 15) is 19.7 Å². The van der Waals surface area contributed by atoms with E-state index in [-0.39, 0.29) is 53.8 Å². The number of non-ortho nitro benzene ring substituents is 1. The highest BCUT2D eigenvalue weighted by atomic mass is 16.6. The average molecular weight is 397 g/mol. The van der Waals surface area contributed by atoms with E-state index in [1.54, 1.807) is 12.3 Å². The fraction of sp³-hybridized carbons (Fsp3) is 0.211. The quantitative estimate of drug-likeness (QED) is 0.372. The Bertz CT molecular complexity index is 1200. The van der Waals surface area contributed by atoms with E-state index in [1.807, 2.05) is 13.0 Å². The lowest BCUT2D eigenvalue weighted by Crippen LogP contribution is -2.19. The number of benzene rings is 1. The summed E-state index contributed by atoms with van der Waals surface area (Å²) < 4.78 is 17.4. The molecule has 0 unspecified atom stereocenters. The van der Waals surface area contributed by atoms with E-state index in [1.165, 1.54) is 16.5 Å². The van der Waals surface area contributed by atoms with Crippen molar-refractivity contribution in [3.8, 4) is 11.5 Å². The maximum Gasteiger partial charge on any atom is 0.342 e. The molecule has 10 nitrogen and oxygen atoms in total. The van der Waals surface area contributed by atoms with Crippen LogP contribution in [0.25, 0.3) is 5.65 Å². The van der Waals surface area contributed by atoms with Crippen LogP contribution in [-0.2, 0) is 11.3 Å². The van der Waals surface area contributed by atoms with E-state index < -0.39 is 10.9 Å². The van der Waals surface area contributed by atoms with Crippen LogP contribution < -0.4 is 15.0 Å². The summed E-state index contributed by atoms with van der Waals surface area (Å²) >= 11 is 0. The lowest BCUT2D eigenvalue weighted by Gasteiger charge is -2.20. The Balaban J connectivity index is 1.61. The van der Waals surface area contributed by atoms with Gasteiger partial charge in [0, 0.05) is 18.3 Å². The Kier molecular flexibility index (Phi) is 4.59. The molecular weight excluding hydrogens is 382 g/mol. The van der Waals surface area contributed by atoms with Crippen molar-refractivity contribution in [2.75, 3.05) is 13.2 Å². The third kappa shape index (κ3) is 3.59. The zero-order valence-electron chi connectivity index (χ0n) is 15.3. The summed E-state index contributed by atoms with van der Waals surface area (Å²) in [4.78, 5) is 39.6. The number of hydrogen-bond acceptors (Lipinski definition) is 8. The van der Waals surface area contributed by atoms with Gasteiger partial charge in [-0.05, 0) is 18.6 Å². The molecule has 29 heavy (non-hydrogen) atoms. The number of nitro groups is 1. The van der Waals surface area contributed by atoms with Crippen LogP contribution in [0.15, 0.2) is 41.3 Å². The molecule has 1 aliphatic heterocycles. The van der Waals surface area contributed by atoms with Crippen LogP contribution in [0.5, 0.6) is 11.5 Å². The van der Waals surface area contributed by atoms with Crippen LogP contribution in [0.1, 0.15) is 21.6 Å². The van der Waals surface area contributed by atoms with Gasteiger partial charge in [-0.25, -0.2) is 9.78 Å². The summed E-state index contributed by atoms with van der Waals surface area (Å²) in [5.74, 6) is -0.648. The number of aryl methyl sites for hydroxylation is 1. The number of ether oxygens (including phenoxy) is 3. The molecule has 0 bridgehead atoms. The van der Waals surface area contributed by atoms with Gasteiger partial charge in [0.05, 0.1) is 16.7 Å². The van der Waals surface area contributed by atoms with Gasteiger partial charge in [0.2, 0.25) is 0 Å². The summed E-state index contributed by atoms with van der Waals surface area (Å²) in [5.41, 5.74) is 0.815. The summed E-state index contributed by atoms with van der Waals surface area (Å²) in [6.45, 7) is 1.99. The molecule has 1 aliphatic rings. The topological polar surface area (TPSA) is 122 Å². The third-order valence-electron chi connectivity index (χ3n) is 4.27. The number of nitro benzene ring substituents is 1. The van der Waals surface area contributed by atoms with Gasteiger partial charge in [0.1, 0.15) is 31.0 Å². The number of pyridine rings is 1. The monoisotopic (exact) mass is 397 g/mol. The van der Waals surface area contributed by atoms with Crippen molar-refractivity contribution in [1.29, 1.82) is 0 Å². The van der Waals surface area contributed by atoms with E-state index in [0.29, 0.717) is 5.65 Å². The van der Waals surface area contributed by atoms with Crippen LogP contribution in [0.3, 0.4) is 0 Å². The zero-order chi connectivity index (χ0) is 20.5. The first-order valence-electron chi connectivity index (χ1n) is 8.66. The minimum atomic E-state index is -0.846. The number of nitrogens with zero attached hydrogens (tertiary/aromatic N) is 3. The van der Waals surface area contributed by atoms with E-state index in [0.717, 1.165) is 11.6 Å². The van der Waals surface area contributed by atoms with Gasteiger partial charge in [-0.2, -0.15) is 0 Å². The van der Waals surface area contributed by atoms with Gasteiger partial charge < -0.3 is 14.2 Å². The molecule has 0 fully saturated rings. The van der Waals surface area contributed by atoms with Crippen molar-refractivity contribution >= 4 is 17.3 Å². The largest absolute Gasteiger partial charge is 0.486 e. The maximum absolute atomic E-state index is 12.6. The fourth-order valence-electron chi connectivity index (χ4n) is 2.95. The Morgan fingerprint density at radius 1 is 1.28 bits per heavy atom. The number of rotatable bonds is 4. The summed E-state index contributed by atoms with van der Waals surface area (Å²) in [6.07, 6.45) is 1.66. The fourth-order valence-corrected chi connectivity index (χ4v) is 2.95. The second kappa shape index (κ2) is 7.23. The van der Waals surface area contributed by atoms with E-state index in [2.05, 4.69) is 4.98 Å². The van der Waals surface area contributed by atoms with Gasteiger partial charge in [0.15, 0.2) is 11.5 Å². The summed E-state index contributed by atoms with van der Waals surface area (Å²) in [6, 6.07) is 7.02. The predicted octanol–water partition coefficient (Wildman–Crippen LogP) is 2.04. The highest BCUT2D eigenvalue weighted by Crippen LogP contribution is 2.38. The number of esters is 1. The normalized spacial score (nSPS) is 12.6. The first-order valence-corrected chi connectivity index (χ1v) is 8.66. The predicted molar refractivity (Wildman–Crippen MR) is 99.4 cm³/mol. The van der Waals surface area contributed by atoms with Crippen LogP contribution in [0.4, 0.5) is 5.69 Å². The first-order chi connectivity index (χ1) is 13.9. The van der Waals surface area contributed by atoms with Gasteiger partial charge in [-0.1, -0.05) is 6.07 Å². The molecule has 0 saturated carbocycles. The average Bonchev–Trinajstić information content (AvgIpc) is 2.71. The van der Waals surface area contributed by atoms with Crippen LogP contribution in [0, 0.1) is 17.0 Å². The molecule has 148 valence electrons. The molecule has 0 radical (unpaired) electrons. The number of aromatic nitrogens is 2. The molecule has 0 aliphatic carbocycles. The van der Waals surface area contributed by atoms with Crippen LogP contribution in [0.2, 0.25) is 0 Å². The Hall–Kier alpha value is -3.95. The molecule has 0 N–H and O–H groups in total. The number of carbonyl (C=O) groups is 1. The molecule has 0 saturated heterocycles. The summed E-state index contributed by atoms with van der Waals surface area (Å²) in [7, 11) is 0. The SMILES string of the molecule is Cc1ccc2nc(COC(=O)c3cc([N+](=O)[O-])cc4c3OCCO4)cc(=O)n2c1. The molecule has 10 heteroatoms. The number of fused-ring (bicyclic) bond motifs is 2. The maximum atomic E-state index is 12.6. The number of carbonyl (C=O) groups excluding carboxylic acids is 1. The van der Waals surface area contributed by atoms with Gasteiger partial charge in [0.25, 0.3) is 11.2 Å². The van der Waals surface area contributed by atoms with Gasteiger partial charge in [-0.15, -0.1) is 0 Å². The third-order valence-corrected chi connectivity index (χ3v) is 4.27. The van der Waals surface area contributed by atoms with Gasteiger partial charge >= 0.3 is 5.97 Å². The van der Waals surface area contributed by atoms with Crippen molar-refractivity contribution in [3.63, 3.8) is 0 Å². The van der Waals surface area contributed by atoms with Crippen molar-refractivity contribution < 1.29 is 23.9 Å². The smallest absolute Gasteiger partial charge is 0.342 e. The Labute approximate surface area is 163 Å². The highest BCUT2D eigenvalue weighted by Gasteiger charge is 2.26.